The minimum atomic E-state index is -1.13. The fourth-order valence-corrected chi connectivity index (χ4v) is 2.73. The Morgan fingerprint density at radius 1 is 1.05 bits per heavy atom. The van der Waals surface area contributed by atoms with E-state index in [0.29, 0.717) is 18.8 Å². The number of halogens is 1. The first-order valence-corrected chi connectivity index (χ1v) is 7.29. The zero-order valence-corrected chi connectivity index (χ0v) is 12.5. The number of nitro benzene ring substituents is 1. The van der Waals surface area contributed by atoms with E-state index in [2.05, 4.69) is 0 Å². The minimum absolute atomic E-state index is 0.0905. The van der Waals surface area contributed by atoms with Gasteiger partial charge in [-0.25, -0.2) is 0 Å². The van der Waals surface area contributed by atoms with Crippen LogP contribution in [-0.4, -0.2) is 18.1 Å². The lowest BCUT2D eigenvalue weighted by atomic mass is 9.95. The fraction of sp³-hybridized carbons (Fsp3) is 0.250. The summed E-state index contributed by atoms with van der Waals surface area (Å²) in [5.41, 5.74) is 1.20. The largest absolute Gasteiger partial charge is 0.342 e. The first-order valence-electron chi connectivity index (χ1n) is 6.91. The summed E-state index contributed by atoms with van der Waals surface area (Å²) in [5.74, 6) is -1.13. The van der Waals surface area contributed by atoms with Crippen molar-refractivity contribution < 1.29 is 14.4 Å². The van der Waals surface area contributed by atoms with Crippen molar-refractivity contribution in [2.45, 2.75) is 12.2 Å². The Bertz CT molecular complexity index is 684. The van der Waals surface area contributed by atoms with Gasteiger partial charge in [0.25, 0.3) is 5.69 Å². The van der Waals surface area contributed by atoms with Crippen LogP contribution >= 0.6 is 11.6 Å². The Morgan fingerprint density at radius 3 is 2.36 bits per heavy atom. The molecular weight excluding hydrogens is 306 g/mol. The van der Waals surface area contributed by atoms with Gasteiger partial charge >= 0.3 is 0 Å². The average Bonchev–Trinajstić information content (AvgIpc) is 2.56. The van der Waals surface area contributed by atoms with Gasteiger partial charge in [0.1, 0.15) is 5.02 Å². The lowest BCUT2D eigenvalue weighted by Crippen LogP contribution is -2.39. The monoisotopic (exact) mass is 319 g/mol. The maximum Gasteiger partial charge on any atom is 0.288 e. The molecule has 114 valence electrons. The summed E-state index contributed by atoms with van der Waals surface area (Å²) in [6.07, 6.45) is 0.782. The predicted molar refractivity (Wildman–Crippen MR) is 81.8 cm³/mol. The molecule has 2 aromatic carbocycles. The highest BCUT2D eigenvalue weighted by atomic mass is 35.5. The molecule has 0 spiro atoms. The number of hydrogen-bond acceptors (Lipinski definition) is 4. The Kier molecular flexibility index (Phi) is 4.11. The first kappa shape index (κ1) is 15.0. The molecule has 3 rings (SSSR count). The van der Waals surface area contributed by atoms with Crippen LogP contribution in [0.4, 0.5) is 5.69 Å². The van der Waals surface area contributed by atoms with E-state index in [1.165, 1.54) is 12.1 Å². The van der Waals surface area contributed by atoms with Crippen LogP contribution in [0.25, 0.3) is 0 Å². The predicted octanol–water partition coefficient (Wildman–Crippen LogP) is 3.89. The molecule has 0 aromatic heterocycles. The van der Waals surface area contributed by atoms with Crippen LogP contribution in [0.1, 0.15) is 17.5 Å². The number of hydrogen-bond donors (Lipinski definition) is 0. The van der Waals surface area contributed by atoms with Gasteiger partial charge in [-0.15, -0.1) is 0 Å². The second-order valence-corrected chi connectivity index (χ2v) is 5.36. The van der Waals surface area contributed by atoms with Gasteiger partial charge in [0.15, 0.2) is 0 Å². The maximum absolute atomic E-state index is 11.1. The molecule has 0 unspecified atom stereocenters. The molecule has 22 heavy (non-hydrogen) atoms. The number of benzene rings is 2. The van der Waals surface area contributed by atoms with Crippen LogP contribution in [0.2, 0.25) is 5.02 Å². The molecule has 0 saturated carbocycles. The molecule has 0 atom stereocenters. The third-order valence-corrected chi connectivity index (χ3v) is 3.90. The summed E-state index contributed by atoms with van der Waals surface area (Å²) in [5, 5.41) is 11.2. The van der Waals surface area contributed by atoms with Gasteiger partial charge in [0.05, 0.1) is 18.1 Å². The van der Waals surface area contributed by atoms with E-state index < -0.39 is 10.7 Å². The zero-order chi connectivity index (χ0) is 15.6. The van der Waals surface area contributed by atoms with Crippen LogP contribution in [0.5, 0.6) is 0 Å². The van der Waals surface area contributed by atoms with Crippen LogP contribution in [-0.2, 0) is 15.3 Å². The summed E-state index contributed by atoms with van der Waals surface area (Å²) >= 11 is 5.90. The number of rotatable bonds is 3. The van der Waals surface area contributed by atoms with E-state index in [0.717, 1.165) is 12.0 Å². The minimum Gasteiger partial charge on any atom is -0.342 e. The summed E-state index contributed by atoms with van der Waals surface area (Å²) in [7, 11) is 0. The summed E-state index contributed by atoms with van der Waals surface area (Å²) in [6.45, 7) is 1.04. The molecule has 1 heterocycles. The molecule has 1 saturated heterocycles. The van der Waals surface area contributed by atoms with Crippen molar-refractivity contribution in [1.82, 2.24) is 0 Å². The smallest absolute Gasteiger partial charge is 0.288 e. The first-order chi connectivity index (χ1) is 10.6. The van der Waals surface area contributed by atoms with Crippen LogP contribution in [0.3, 0.4) is 0 Å². The van der Waals surface area contributed by atoms with Crippen LogP contribution < -0.4 is 0 Å². The highest BCUT2D eigenvalue weighted by Crippen LogP contribution is 2.40. The molecule has 6 heteroatoms. The summed E-state index contributed by atoms with van der Waals surface area (Å²) in [4.78, 5) is 10.6. The third-order valence-electron chi connectivity index (χ3n) is 3.58. The molecule has 0 bridgehead atoms. The van der Waals surface area contributed by atoms with E-state index in [1.54, 1.807) is 6.07 Å². The van der Waals surface area contributed by atoms with Gasteiger partial charge in [-0.2, -0.15) is 0 Å². The quantitative estimate of drug-likeness (QED) is 0.636. The molecule has 0 N–H and O–H groups in total. The normalized spacial score (nSPS) is 17.1. The van der Waals surface area contributed by atoms with Crippen molar-refractivity contribution in [3.63, 3.8) is 0 Å². The molecular formula is C16H14ClNO4. The molecule has 0 amide bonds. The second kappa shape index (κ2) is 6.04. The van der Waals surface area contributed by atoms with Crippen molar-refractivity contribution in [2.24, 2.45) is 0 Å². The number of nitrogens with zero attached hydrogens (tertiary/aromatic N) is 1. The second-order valence-electron chi connectivity index (χ2n) is 4.96. The lowest BCUT2D eigenvalue weighted by molar-refractivity contribution is -0.385. The van der Waals surface area contributed by atoms with Crippen molar-refractivity contribution in [3.05, 3.63) is 74.8 Å². The van der Waals surface area contributed by atoms with Gasteiger partial charge in [-0.3, -0.25) is 10.1 Å². The lowest BCUT2D eigenvalue weighted by Gasteiger charge is -2.37. The van der Waals surface area contributed by atoms with Crippen molar-refractivity contribution in [3.8, 4) is 0 Å². The van der Waals surface area contributed by atoms with Gasteiger partial charge in [-0.1, -0.05) is 48.0 Å². The molecule has 5 nitrogen and oxygen atoms in total. The molecule has 0 radical (unpaired) electrons. The maximum atomic E-state index is 11.1. The van der Waals surface area contributed by atoms with E-state index in [9.17, 15) is 10.1 Å². The summed E-state index contributed by atoms with van der Waals surface area (Å²) in [6, 6.07) is 14.0. The molecule has 1 aliphatic rings. The van der Waals surface area contributed by atoms with Crippen molar-refractivity contribution in [1.29, 1.82) is 0 Å². The van der Waals surface area contributed by atoms with Crippen LogP contribution in [0, 0.1) is 10.1 Å². The van der Waals surface area contributed by atoms with Gasteiger partial charge < -0.3 is 9.47 Å². The van der Waals surface area contributed by atoms with Gasteiger partial charge in [-0.05, 0) is 12.5 Å². The van der Waals surface area contributed by atoms with Crippen LogP contribution in [0.15, 0.2) is 48.5 Å². The molecule has 2 aromatic rings. The third kappa shape index (κ3) is 2.59. The number of nitro groups is 1. The average molecular weight is 320 g/mol. The van der Waals surface area contributed by atoms with Crippen molar-refractivity contribution >= 4 is 17.3 Å². The fourth-order valence-electron chi connectivity index (χ4n) is 2.55. The van der Waals surface area contributed by atoms with E-state index in [4.69, 9.17) is 21.1 Å². The molecule has 1 aliphatic heterocycles. The molecule has 1 fully saturated rings. The van der Waals surface area contributed by atoms with E-state index in [-0.39, 0.29) is 10.7 Å². The standard InChI is InChI=1S/C16H14ClNO4/c17-14-8-7-13(11-15(14)18(19)20)16(21-9-4-10-22-16)12-5-2-1-3-6-12/h1-3,5-8,11H,4,9-10H2. The molecule has 0 aliphatic carbocycles. The van der Waals surface area contributed by atoms with E-state index >= 15 is 0 Å². The van der Waals surface area contributed by atoms with Crippen molar-refractivity contribution in [2.75, 3.05) is 13.2 Å². The zero-order valence-electron chi connectivity index (χ0n) is 11.7. The highest BCUT2D eigenvalue weighted by Gasteiger charge is 2.40. The Morgan fingerprint density at radius 2 is 1.73 bits per heavy atom. The van der Waals surface area contributed by atoms with E-state index in [1.807, 2.05) is 30.3 Å². The summed E-state index contributed by atoms with van der Waals surface area (Å²) < 4.78 is 11.8. The Labute approximate surface area is 132 Å². The highest BCUT2D eigenvalue weighted by molar-refractivity contribution is 6.32. The van der Waals surface area contributed by atoms with Gasteiger partial charge in [0, 0.05) is 17.2 Å². The Hall–Kier alpha value is -1.95. The Balaban J connectivity index is 2.15. The SMILES string of the molecule is O=[N+]([O-])c1cc(C2(c3ccccc3)OCCCO2)ccc1Cl. The topological polar surface area (TPSA) is 61.6 Å². The van der Waals surface area contributed by atoms with Gasteiger partial charge in [0.2, 0.25) is 5.79 Å². The number of ether oxygens (including phenoxy) is 2.